The molecule has 1 N–H and O–H groups in total. The van der Waals surface area contributed by atoms with E-state index in [0.29, 0.717) is 5.92 Å². The van der Waals surface area contributed by atoms with E-state index in [1.54, 1.807) is 12.4 Å². The van der Waals surface area contributed by atoms with E-state index < -0.39 is 0 Å². The van der Waals surface area contributed by atoms with E-state index >= 15 is 0 Å². The van der Waals surface area contributed by atoms with E-state index in [1.165, 1.54) is 12.1 Å². The van der Waals surface area contributed by atoms with Crippen molar-refractivity contribution < 1.29 is 9.84 Å². The van der Waals surface area contributed by atoms with Gasteiger partial charge in [0.15, 0.2) is 5.43 Å². The molecule has 0 spiro atoms. The molecular formula is C10H11NO3. The number of pyridine rings is 1. The molecule has 1 aliphatic heterocycles. The number of hydrogen-bond donors (Lipinski definition) is 1. The lowest BCUT2D eigenvalue weighted by Gasteiger charge is -2.16. The van der Waals surface area contributed by atoms with Crippen molar-refractivity contribution in [3.8, 4) is 0 Å². The van der Waals surface area contributed by atoms with Crippen LogP contribution in [-0.2, 0) is 4.74 Å². The Balaban J connectivity index is 1.79. The number of aliphatic hydroxyl groups excluding tert-OH is 1. The summed E-state index contributed by atoms with van der Waals surface area (Å²) in [6.45, 7) is 0. The van der Waals surface area contributed by atoms with Crippen LogP contribution in [0.15, 0.2) is 29.3 Å². The molecule has 0 radical (unpaired) electrons. The molecule has 2 unspecified atom stereocenters. The van der Waals surface area contributed by atoms with Gasteiger partial charge in [-0.25, -0.2) is 0 Å². The van der Waals surface area contributed by atoms with Gasteiger partial charge in [0.2, 0.25) is 0 Å². The van der Waals surface area contributed by atoms with Crippen LogP contribution in [0, 0.1) is 5.92 Å². The van der Waals surface area contributed by atoms with Gasteiger partial charge in [0.05, 0.1) is 12.2 Å². The minimum absolute atomic E-state index is 0.00411. The van der Waals surface area contributed by atoms with Gasteiger partial charge in [-0.15, -0.1) is 0 Å². The third-order valence-electron chi connectivity index (χ3n) is 3.00. The average molecular weight is 193 g/mol. The molecule has 1 aromatic rings. The Morgan fingerprint density at radius 3 is 2.71 bits per heavy atom. The topological polar surface area (TPSA) is 51.5 Å². The summed E-state index contributed by atoms with van der Waals surface area (Å²) in [4.78, 5) is 10.9. The molecule has 74 valence electrons. The standard InChI is InChI=1S/C10H11NO3/c12-6-1-3-11(4-2-6)8-5-7-9(13)10(7)14-8/h1-4,7-10,13H,5H2/t7?,8-,9?,10+/m1/s1. The minimum atomic E-state index is -0.259. The Hall–Kier alpha value is -1.13. The number of hydrogen-bond acceptors (Lipinski definition) is 3. The van der Waals surface area contributed by atoms with E-state index in [2.05, 4.69) is 0 Å². The second kappa shape index (κ2) is 2.68. The quantitative estimate of drug-likeness (QED) is 0.689. The van der Waals surface area contributed by atoms with Crippen molar-refractivity contribution in [1.29, 1.82) is 0 Å². The zero-order valence-corrected chi connectivity index (χ0v) is 7.54. The summed E-state index contributed by atoms with van der Waals surface area (Å²) >= 11 is 0. The molecule has 4 nitrogen and oxygen atoms in total. The van der Waals surface area contributed by atoms with E-state index in [9.17, 15) is 9.90 Å². The third-order valence-corrected chi connectivity index (χ3v) is 3.00. The van der Waals surface area contributed by atoms with Crippen LogP contribution >= 0.6 is 0 Å². The van der Waals surface area contributed by atoms with Crippen LogP contribution in [-0.4, -0.2) is 21.9 Å². The van der Waals surface area contributed by atoms with Gasteiger partial charge in [-0.2, -0.15) is 0 Å². The van der Waals surface area contributed by atoms with Gasteiger partial charge in [-0.3, -0.25) is 4.79 Å². The molecule has 1 saturated heterocycles. The van der Waals surface area contributed by atoms with Crippen LogP contribution in [0.1, 0.15) is 12.6 Å². The molecule has 0 bridgehead atoms. The first-order chi connectivity index (χ1) is 6.75. The molecule has 3 rings (SSSR count). The van der Waals surface area contributed by atoms with Gasteiger partial charge in [-0.1, -0.05) is 0 Å². The number of aromatic nitrogens is 1. The number of aliphatic hydroxyl groups is 1. The highest BCUT2D eigenvalue weighted by Crippen LogP contribution is 2.49. The Bertz CT molecular complexity index is 382. The van der Waals surface area contributed by atoms with Crippen molar-refractivity contribution in [2.45, 2.75) is 24.9 Å². The molecule has 1 aromatic heterocycles. The molecule has 2 fully saturated rings. The zero-order chi connectivity index (χ0) is 9.71. The smallest absolute Gasteiger partial charge is 0.181 e. The van der Waals surface area contributed by atoms with E-state index in [4.69, 9.17) is 4.74 Å². The lowest BCUT2D eigenvalue weighted by atomic mass is 10.2. The molecule has 0 aromatic carbocycles. The Kier molecular flexibility index (Phi) is 1.57. The van der Waals surface area contributed by atoms with Crippen molar-refractivity contribution in [2.75, 3.05) is 0 Å². The van der Waals surface area contributed by atoms with Crippen LogP contribution in [0.4, 0.5) is 0 Å². The molecule has 2 heterocycles. The van der Waals surface area contributed by atoms with Gasteiger partial charge in [0.1, 0.15) is 6.23 Å². The maximum Gasteiger partial charge on any atom is 0.181 e. The first kappa shape index (κ1) is 8.20. The van der Waals surface area contributed by atoms with Crippen LogP contribution < -0.4 is 5.43 Å². The number of ether oxygens (including phenoxy) is 1. The fourth-order valence-corrected chi connectivity index (χ4v) is 2.06. The molecule has 2 aliphatic rings. The Morgan fingerprint density at radius 1 is 1.43 bits per heavy atom. The molecule has 4 atom stereocenters. The summed E-state index contributed by atoms with van der Waals surface area (Å²) in [6.07, 6.45) is 4.06. The largest absolute Gasteiger partial charge is 0.390 e. The normalized spacial score (nSPS) is 39.5. The van der Waals surface area contributed by atoms with Gasteiger partial charge in [0.25, 0.3) is 0 Å². The van der Waals surface area contributed by atoms with Crippen LogP contribution in [0.25, 0.3) is 0 Å². The fraction of sp³-hybridized carbons (Fsp3) is 0.500. The maximum absolute atomic E-state index is 10.9. The lowest BCUT2D eigenvalue weighted by Crippen LogP contribution is -2.14. The highest BCUT2D eigenvalue weighted by Gasteiger charge is 2.57. The highest BCUT2D eigenvalue weighted by atomic mass is 16.5. The summed E-state index contributed by atoms with van der Waals surface area (Å²) in [5, 5.41) is 9.27. The first-order valence-electron chi connectivity index (χ1n) is 4.77. The Labute approximate surface area is 80.7 Å². The average Bonchev–Trinajstić information content (AvgIpc) is 2.66. The highest BCUT2D eigenvalue weighted by molar-refractivity contribution is 5.06. The van der Waals surface area contributed by atoms with E-state index in [0.717, 1.165) is 6.42 Å². The van der Waals surface area contributed by atoms with Gasteiger partial charge in [-0.05, 0) is 0 Å². The maximum atomic E-state index is 10.9. The van der Waals surface area contributed by atoms with Gasteiger partial charge in [0, 0.05) is 36.9 Å². The molecular weight excluding hydrogens is 182 g/mol. The summed E-state index contributed by atoms with van der Waals surface area (Å²) in [6, 6.07) is 3.04. The summed E-state index contributed by atoms with van der Waals surface area (Å²) in [5.74, 6) is 0.305. The monoisotopic (exact) mass is 193 g/mol. The SMILES string of the molecule is O=c1ccn([C@H]2CC3C(O)[C@H]3O2)cc1. The molecule has 4 heteroatoms. The third kappa shape index (κ3) is 1.11. The summed E-state index contributed by atoms with van der Waals surface area (Å²) in [5.41, 5.74) is 0.00411. The van der Waals surface area contributed by atoms with Gasteiger partial charge >= 0.3 is 0 Å². The van der Waals surface area contributed by atoms with Crippen LogP contribution in [0.3, 0.4) is 0 Å². The summed E-state index contributed by atoms with van der Waals surface area (Å²) < 4.78 is 7.46. The Morgan fingerprint density at radius 2 is 2.14 bits per heavy atom. The molecule has 1 saturated carbocycles. The van der Waals surface area contributed by atoms with Crippen molar-refractivity contribution in [3.63, 3.8) is 0 Å². The lowest BCUT2D eigenvalue weighted by molar-refractivity contribution is -0.00895. The van der Waals surface area contributed by atoms with Crippen molar-refractivity contribution in [2.24, 2.45) is 5.92 Å². The van der Waals surface area contributed by atoms with Crippen molar-refractivity contribution >= 4 is 0 Å². The fourth-order valence-electron chi connectivity index (χ4n) is 2.06. The molecule has 14 heavy (non-hydrogen) atoms. The van der Waals surface area contributed by atoms with Crippen LogP contribution in [0.2, 0.25) is 0 Å². The predicted molar refractivity (Wildman–Crippen MR) is 48.7 cm³/mol. The summed E-state index contributed by atoms with van der Waals surface area (Å²) in [7, 11) is 0. The number of fused-ring (bicyclic) bond motifs is 1. The molecule has 1 aliphatic carbocycles. The van der Waals surface area contributed by atoms with Gasteiger partial charge < -0.3 is 14.4 Å². The second-order valence-corrected chi connectivity index (χ2v) is 3.93. The zero-order valence-electron chi connectivity index (χ0n) is 7.54. The first-order valence-corrected chi connectivity index (χ1v) is 4.77. The van der Waals surface area contributed by atoms with Crippen molar-refractivity contribution in [3.05, 3.63) is 34.7 Å². The van der Waals surface area contributed by atoms with E-state index in [-0.39, 0.29) is 23.9 Å². The van der Waals surface area contributed by atoms with Crippen molar-refractivity contribution in [1.82, 2.24) is 4.57 Å². The van der Waals surface area contributed by atoms with E-state index in [1.807, 2.05) is 4.57 Å². The molecule has 0 amide bonds. The predicted octanol–water partition coefficient (Wildman–Crippen LogP) is 0.127. The number of rotatable bonds is 1. The minimum Gasteiger partial charge on any atom is -0.390 e. The van der Waals surface area contributed by atoms with Crippen LogP contribution in [0.5, 0.6) is 0 Å². The second-order valence-electron chi connectivity index (χ2n) is 3.93. The number of nitrogens with zero attached hydrogens (tertiary/aromatic N) is 1.